The number of hydrogen-bond acceptors (Lipinski definition) is 2. The van der Waals surface area contributed by atoms with Gasteiger partial charge in [-0.15, -0.1) is 0 Å². The molecule has 18 heavy (non-hydrogen) atoms. The molecule has 2 nitrogen and oxygen atoms in total. The lowest BCUT2D eigenvalue weighted by atomic mass is 9.90. The molecule has 3 heteroatoms. The highest BCUT2D eigenvalue weighted by atomic mass is 19.1. The van der Waals surface area contributed by atoms with E-state index in [1.165, 1.54) is 6.07 Å². The highest BCUT2D eigenvalue weighted by Crippen LogP contribution is 2.34. The van der Waals surface area contributed by atoms with Crippen LogP contribution in [-0.2, 0) is 6.42 Å². The van der Waals surface area contributed by atoms with Crippen molar-refractivity contribution >= 4 is 0 Å². The van der Waals surface area contributed by atoms with Crippen molar-refractivity contribution in [3.8, 4) is 11.5 Å². The SMILES string of the molecule is Oc1ccc2c(c1)OCC(c1cccc(F)c1)C2. The number of phenolic OH excluding ortho intramolecular Hbond substituents is 1. The normalized spacial score (nSPS) is 17.9. The zero-order valence-electron chi connectivity index (χ0n) is 9.77. The fourth-order valence-electron chi connectivity index (χ4n) is 2.34. The molecule has 1 atom stereocenters. The fourth-order valence-corrected chi connectivity index (χ4v) is 2.34. The first-order valence-corrected chi connectivity index (χ1v) is 5.92. The van der Waals surface area contributed by atoms with Gasteiger partial charge in [0.25, 0.3) is 0 Å². The monoisotopic (exact) mass is 244 g/mol. The van der Waals surface area contributed by atoms with Gasteiger partial charge in [0.1, 0.15) is 17.3 Å². The lowest BCUT2D eigenvalue weighted by molar-refractivity contribution is 0.261. The van der Waals surface area contributed by atoms with Gasteiger partial charge in [-0.3, -0.25) is 0 Å². The summed E-state index contributed by atoms with van der Waals surface area (Å²) < 4.78 is 18.8. The van der Waals surface area contributed by atoms with Gasteiger partial charge in [-0.25, -0.2) is 4.39 Å². The van der Waals surface area contributed by atoms with Gasteiger partial charge in [0.15, 0.2) is 0 Å². The van der Waals surface area contributed by atoms with Crippen LogP contribution in [0.15, 0.2) is 42.5 Å². The Morgan fingerprint density at radius 1 is 1.17 bits per heavy atom. The molecule has 0 radical (unpaired) electrons. The lowest BCUT2D eigenvalue weighted by Crippen LogP contribution is -2.19. The molecule has 0 bridgehead atoms. The van der Waals surface area contributed by atoms with E-state index in [0.29, 0.717) is 6.61 Å². The van der Waals surface area contributed by atoms with E-state index in [-0.39, 0.29) is 17.5 Å². The minimum atomic E-state index is -0.219. The third-order valence-electron chi connectivity index (χ3n) is 3.28. The molecular weight excluding hydrogens is 231 g/mol. The average Bonchev–Trinajstić information content (AvgIpc) is 2.38. The Bertz CT molecular complexity index is 580. The smallest absolute Gasteiger partial charge is 0.126 e. The number of halogens is 1. The summed E-state index contributed by atoms with van der Waals surface area (Å²) in [6.45, 7) is 0.514. The van der Waals surface area contributed by atoms with Crippen LogP contribution in [0.2, 0.25) is 0 Å². The zero-order valence-corrected chi connectivity index (χ0v) is 9.77. The van der Waals surface area contributed by atoms with Gasteiger partial charge in [0.05, 0.1) is 6.61 Å². The van der Waals surface area contributed by atoms with Crippen molar-refractivity contribution in [2.24, 2.45) is 0 Å². The highest BCUT2D eigenvalue weighted by molar-refractivity contribution is 5.43. The number of fused-ring (bicyclic) bond motifs is 1. The number of ether oxygens (including phenoxy) is 1. The minimum Gasteiger partial charge on any atom is -0.508 e. The van der Waals surface area contributed by atoms with Gasteiger partial charge in [-0.05, 0) is 35.7 Å². The van der Waals surface area contributed by atoms with Crippen LogP contribution in [0.4, 0.5) is 4.39 Å². The molecular formula is C15H13FO2. The lowest BCUT2D eigenvalue weighted by Gasteiger charge is -2.25. The molecule has 0 aliphatic carbocycles. The topological polar surface area (TPSA) is 29.5 Å². The summed E-state index contributed by atoms with van der Waals surface area (Å²) in [5.74, 6) is 0.877. The first-order chi connectivity index (χ1) is 8.72. The van der Waals surface area contributed by atoms with Crippen LogP contribution in [0.1, 0.15) is 17.0 Å². The maximum Gasteiger partial charge on any atom is 0.126 e. The van der Waals surface area contributed by atoms with Gasteiger partial charge in [0.2, 0.25) is 0 Å². The maximum absolute atomic E-state index is 13.2. The standard InChI is InChI=1S/C15H13FO2/c16-13-3-1-2-10(7-13)12-6-11-4-5-14(17)8-15(11)18-9-12/h1-5,7-8,12,17H,6,9H2. The van der Waals surface area contributed by atoms with E-state index in [1.54, 1.807) is 24.3 Å². The van der Waals surface area contributed by atoms with Gasteiger partial charge < -0.3 is 9.84 Å². The van der Waals surface area contributed by atoms with Crippen molar-refractivity contribution in [2.75, 3.05) is 6.61 Å². The van der Waals surface area contributed by atoms with Crippen molar-refractivity contribution in [1.29, 1.82) is 0 Å². The average molecular weight is 244 g/mol. The first-order valence-electron chi connectivity index (χ1n) is 5.92. The predicted octanol–water partition coefficient (Wildman–Crippen LogP) is 3.25. The van der Waals surface area contributed by atoms with E-state index in [0.717, 1.165) is 23.3 Å². The molecule has 0 saturated heterocycles. The van der Waals surface area contributed by atoms with E-state index in [4.69, 9.17) is 4.74 Å². The molecule has 1 heterocycles. The van der Waals surface area contributed by atoms with Crippen LogP contribution in [0.25, 0.3) is 0 Å². The summed E-state index contributed by atoms with van der Waals surface area (Å²) in [7, 11) is 0. The number of hydrogen-bond donors (Lipinski definition) is 1. The van der Waals surface area contributed by atoms with E-state index in [2.05, 4.69) is 0 Å². The molecule has 0 amide bonds. The van der Waals surface area contributed by atoms with Crippen molar-refractivity contribution in [3.05, 3.63) is 59.4 Å². The molecule has 92 valence electrons. The van der Waals surface area contributed by atoms with Crippen molar-refractivity contribution < 1.29 is 14.2 Å². The van der Waals surface area contributed by atoms with Crippen LogP contribution < -0.4 is 4.74 Å². The minimum absolute atomic E-state index is 0.165. The van der Waals surface area contributed by atoms with Gasteiger partial charge >= 0.3 is 0 Å². The van der Waals surface area contributed by atoms with Gasteiger partial charge in [-0.2, -0.15) is 0 Å². The Kier molecular flexibility index (Phi) is 2.67. The van der Waals surface area contributed by atoms with Crippen molar-refractivity contribution in [3.63, 3.8) is 0 Å². The van der Waals surface area contributed by atoms with Gasteiger partial charge in [-0.1, -0.05) is 18.2 Å². The van der Waals surface area contributed by atoms with Gasteiger partial charge in [0, 0.05) is 12.0 Å². The second-order valence-electron chi connectivity index (χ2n) is 4.56. The largest absolute Gasteiger partial charge is 0.508 e. The van der Waals surface area contributed by atoms with E-state index in [1.807, 2.05) is 12.1 Å². The van der Waals surface area contributed by atoms with E-state index >= 15 is 0 Å². The Balaban J connectivity index is 1.89. The molecule has 0 fully saturated rings. The molecule has 1 aliphatic heterocycles. The van der Waals surface area contributed by atoms with Crippen LogP contribution in [0.3, 0.4) is 0 Å². The van der Waals surface area contributed by atoms with E-state index < -0.39 is 0 Å². The number of aromatic hydroxyl groups is 1. The fraction of sp³-hybridized carbons (Fsp3) is 0.200. The Hall–Kier alpha value is -2.03. The Morgan fingerprint density at radius 3 is 2.89 bits per heavy atom. The van der Waals surface area contributed by atoms with Crippen LogP contribution in [-0.4, -0.2) is 11.7 Å². The third kappa shape index (κ3) is 2.04. The highest BCUT2D eigenvalue weighted by Gasteiger charge is 2.21. The number of rotatable bonds is 1. The summed E-state index contributed by atoms with van der Waals surface area (Å²) in [6, 6.07) is 11.8. The Morgan fingerprint density at radius 2 is 2.06 bits per heavy atom. The maximum atomic E-state index is 13.2. The predicted molar refractivity (Wildman–Crippen MR) is 66.4 cm³/mol. The second-order valence-corrected chi connectivity index (χ2v) is 4.56. The molecule has 1 unspecified atom stereocenters. The third-order valence-corrected chi connectivity index (χ3v) is 3.28. The molecule has 3 rings (SSSR count). The zero-order chi connectivity index (χ0) is 12.5. The molecule has 2 aromatic rings. The second kappa shape index (κ2) is 4.33. The molecule has 0 spiro atoms. The quantitative estimate of drug-likeness (QED) is 0.834. The molecule has 1 N–H and O–H groups in total. The first kappa shape index (κ1) is 11.1. The summed E-state index contributed by atoms with van der Waals surface area (Å²) in [6.07, 6.45) is 0.805. The van der Waals surface area contributed by atoms with E-state index in [9.17, 15) is 9.50 Å². The summed E-state index contributed by atoms with van der Waals surface area (Å²) in [5, 5.41) is 9.38. The Labute approximate surface area is 105 Å². The number of phenols is 1. The summed E-state index contributed by atoms with van der Waals surface area (Å²) in [5.41, 5.74) is 2.00. The van der Waals surface area contributed by atoms with Crippen molar-refractivity contribution in [1.82, 2.24) is 0 Å². The molecule has 0 aromatic heterocycles. The van der Waals surface area contributed by atoms with Crippen molar-refractivity contribution in [2.45, 2.75) is 12.3 Å². The number of benzene rings is 2. The summed E-state index contributed by atoms with van der Waals surface area (Å²) in [4.78, 5) is 0. The molecule has 2 aromatic carbocycles. The van der Waals surface area contributed by atoms with Crippen LogP contribution >= 0.6 is 0 Å². The summed E-state index contributed by atoms with van der Waals surface area (Å²) >= 11 is 0. The van der Waals surface area contributed by atoms with Crippen LogP contribution in [0.5, 0.6) is 11.5 Å². The molecule has 0 saturated carbocycles. The van der Waals surface area contributed by atoms with Crippen LogP contribution in [0, 0.1) is 5.82 Å². The molecule has 1 aliphatic rings.